The van der Waals surface area contributed by atoms with Crippen LogP contribution < -0.4 is 5.73 Å². The van der Waals surface area contributed by atoms with Crippen molar-refractivity contribution in [3.05, 3.63) is 66.0 Å². The molecular formula is C18H17N3. The summed E-state index contributed by atoms with van der Waals surface area (Å²) in [6.45, 7) is 3.87. The van der Waals surface area contributed by atoms with Crippen LogP contribution in [0.25, 0.3) is 22.4 Å². The van der Waals surface area contributed by atoms with Crippen LogP contribution in [-0.2, 0) is 0 Å². The molecule has 3 heteroatoms. The van der Waals surface area contributed by atoms with Crippen molar-refractivity contribution >= 4 is 5.82 Å². The van der Waals surface area contributed by atoms with Crippen LogP contribution in [0.15, 0.2) is 54.6 Å². The van der Waals surface area contributed by atoms with E-state index in [0.29, 0.717) is 5.82 Å². The molecule has 0 spiro atoms. The van der Waals surface area contributed by atoms with Crippen molar-refractivity contribution in [3.8, 4) is 22.4 Å². The summed E-state index contributed by atoms with van der Waals surface area (Å²) in [5.41, 5.74) is 11.9. The molecule has 0 aliphatic heterocycles. The molecule has 104 valence electrons. The quantitative estimate of drug-likeness (QED) is 0.768. The van der Waals surface area contributed by atoms with Gasteiger partial charge in [-0.1, -0.05) is 54.6 Å². The molecule has 0 radical (unpaired) electrons. The van der Waals surface area contributed by atoms with Crippen LogP contribution in [0, 0.1) is 13.8 Å². The third-order valence-corrected chi connectivity index (χ3v) is 3.60. The molecule has 21 heavy (non-hydrogen) atoms. The number of anilines is 1. The van der Waals surface area contributed by atoms with Gasteiger partial charge in [0.1, 0.15) is 11.5 Å². The SMILES string of the molecule is Cc1nc(N)c(-c2ccc(-c3ccccc3)cc2)nc1C. The molecule has 3 rings (SSSR count). The van der Waals surface area contributed by atoms with Gasteiger partial charge in [0.15, 0.2) is 0 Å². The van der Waals surface area contributed by atoms with Crippen molar-refractivity contribution in [1.29, 1.82) is 0 Å². The number of benzene rings is 2. The molecule has 0 bridgehead atoms. The molecule has 1 heterocycles. The highest BCUT2D eigenvalue weighted by Crippen LogP contribution is 2.26. The number of rotatable bonds is 2. The molecule has 2 aromatic carbocycles. The molecule has 3 nitrogen and oxygen atoms in total. The van der Waals surface area contributed by atoms with Crippen molar-refractivity contribution < 1.29 is 0 Å². The van der Waals surface area contributed by atoms with Crippen molar-refractivity contribution in [3.63, 3.8) is 0 Å². The lowest BCUT2D eigenvalue weighted by Crippen LogP contribution is -2.02. The number of nitrogens with two attached hydrogens (primary N) is 1. The van der Waals surface area contributed by atoms with E-state index in [1.807, 2.05) is 44.2 Å². The van der Waals surface area contributed by atoms with Crippen molar-refractivity contribution in [1.82, 2.24) is 9.97 Å². The van der Waals surface area contributed by atoms with Gasteiger partial charge in [-0.2, -0.15) is 0 Å². The molecule has 0 aliphatic rings. The minimum atomic E-state index is 0.477. The van der Waals surface area contributed by atoms with E-state index in [9.17, 15) is 0 Å². The molecule has 0 saturated carbocycles. The molecule has 0 fully saturated rings. The van der Waals surface area contributed by atoms with Gasteiger partial charge in [0, 0.05) is 5.56 Å². The average Bonchev–Trinajstić information content (AvgIpc) is 2.52. The van der Waals surface area contributed by atoms with Gasteiger partial charge in [0.2, 0.25) is 0 Å². The van der Waals surface area contributed by atoms with Crippen LogP contribution in [0.2, 0.25) is 0 Å². The first-order chi connectivity index (χ1) is 10.1. The highest BCUT2D eigenvalue weighted by Gasteiger charge is 2.08. The molecule has 1 aromatic heterocycles. The maximum Gasteiger partial charge on any atom is 0.150 e. The monoisotopic (exact) mass is 275 g/mol. The summed E-state index contributed by atoms with van der Waals surface area (Å²) in [5.74, 6) is 0.477. The smallest absolute Gasteiger partial charge is 0.150 e. The molecular weight excluding hydrogens is 258 g/mol. The van der Waals surface area contributed by atoms with Crippen molar-refractivity contribution in [2.75, 3.05) is 5.73 Å². The highest BCUT2D eigenvalue weighted by molar-refractivity contribution is 5.73. The fourth-order valence-corrected chi connectivity index (χ4v) is 2.28. The summed E-state index contributed by atoms with van der Waals surface area (Å²) in [4.78, 5) is 8.90. The van der Waals surface area contributed by atoms with E-state index in [2.05, 4.69) is 34.2 Å². The van der Waals surface area contributed by atoms with E-state index in [0.717, 1.165) is 22.6 Å². The number of nitrogen functional groups attached to an aromatic ring is 1. The molecule has 0 atom stereocenters. The van der Waals surface area contributed by atoms with E-state index < -0.39 is 0 Å². The average molecular weight is 275 g/mol. The highest BCUT2D eigenvalue weighted by atomic mass is 14.9. The minimum Gasteiger partial charge on any atom is -0.382 e. The first-order valence-corrected chi connectivity index (χ1v) is 6.92. The van der Waals surface area contributed by atoms with E-state index in [1.54, 1.807) is 0 Å². The Balaban J connectivity index is 2.00. The third-order valence-electron chi connectivity index (χ3n) is 3.60. The van der Waals surface area contributed by atoms with Gasteiger partial charge in [-0.25, -0.2) is 9.97 Å². The second kappa shape index (κ2) is 5.37. The summed E-state index contributed by atoms with van der Waals surface area (Å²) in [6.07, 6.45) is 0. The van der Waals surface area contributed by atoms with Gasteiger partial charge in [0.25, 0.3) is 0 Å². The van der Waals surface area contributed by atoms with Gasteiger partial charge in [-0.3, -0.25) is 0 Å². The number of aryl methyl sites for hydroxylation is 2. The Morgan fingerprint density at radius 1 is 0.667 bits per heavy atom. The minimum absolute atomic E-state index is 0.477. The van der Waals surface area contributed by atoms with Gasteiger partial charge < -0.3 is 5.73 Å². The molecule has 3 aromatic rings. The Kier molecular flexibility index (Phi) is 3.40. The number of aromatic nitrogens is 2. The number of nitrogens with zero attached hydrogens (tertiary/aromatic N) is 2. The largest absolute Gasteiger partial charge is 0.382 e. The van der Waals surface area contributed by atoms with E-state index >= 15 is 0 Å². The van der Waals surface area contributed by atoms with E-state index in [1.165, 1.54) is 11.1 Å². The molecule has 0 unspecified atom stereocenters. The Labute approximate surface area is 124 Å². The van der Waals surface area contributed by atoms with E-state index in [4.69, 9.17) is 5.73 Å². The zero-order valence-electron chi connectivity index (χ0n) is 12.2. The maximum atomic E-state index is 6.00. The fourth-order valence-electron chi connectivity index (χ4n) is 2.28. The van der Waals surface area contributed by atoms with Crippen LogP contribution >= 0.6 is 0 Å². The molecule has 0 aliphatic carbocycles. The lowest BCUT2D eigenvalue weighted by atomic mass is 10.0. The standard InChI is InChI=1S/C18H17N3/c1-12-13(2)21-18(19)17(20-12)16-10-8-15(9-11-16)14-6-4-3-5-7-14/h3-11H,1-2H3,(H2,19,21). The van der Waals surface area contributed by atoms with Crippen LogP contribution in [-0.4, -0.2) is 9.97 Å². The summed E-state index contributed by atoms with van der Waals surface area (Å²) in [7, 11) is 0. The van der Waals surface area contributed by atoms with Gasteiger partial charge in [-0.15, -0.1) is 0 Å². The Morgan fingerprint density at radius 3 is 1.86 bits per heavy atom. The Bertz CT molecular complexity index is 762. The van der Waals surface area contributed by atoms with Crippen LogP contribution in [0.1, 0.15) is 11.4 Å². The van der Waals surface area contributed by atoms with E-state index in [-0.39, 0.29) is 0 Å². The molecule has 2 N–H and O–H groups in total. The second-order valence-electron chi connectivity index (χ2n) is 5.07. The number of hydrogen-bond acceptors (Lipinski definition) is 3. The van der Waals surface area contributed by atoms with Crippen molar-refractivity contribution in [2.24, 2.45) is 0 Å². The van der Waals surface area contributed by atoms with Crippen molar-refractivity contribution in [2.45, 2.75) is 13.8 Å². The Hall–Kier alpha value is -2.68. The summed E-state index contributed by atoms with van der Waals surface area (Å²) >= 11 is 0. The normalized spacial score (nSPS) is 10.6. The van der Waals surface area contributed by atoms with Gasteiger partial charge >= 0.3 is 0 Å². The van der Waals surface area contributed by atoms with Gasteiger partial charge in [0.05, 0.1) is 11.4 Å². The lowest BCUT2D eigenvalue weighted by Gasteiger charge is -2.08. The summed E-state index contributed by atoms with van der Waals surface area (Å²) in [5, 5.41) is 0. The summed E-state index contributed by atoms with van der Waals surface area (Å²) < 4.78 is 0. The van der Waals surface area contributed by atoms with Crippen LogP contribution in [0.5, 0.6) is 0 Å². The summed E-state index contributed by atoms with van der Waals surface area (Å²) in [6, 6.07) is 18.5. The molecule has 0 saturated heterocycles. The zero-order chi connectivity index (χ0) is 14.8. The topological polar surface area (TPSA) is 51.8 Å². The third kappa shape index (κ3) is 2.63. The first-order valence-electron chi connectivity index (χ1n) is 6.92. The predicted molar refractivity (Wildman–Crippen MR) is 86.8 cm³/mol. The predicted octanol–water partition coefficient (Wildman–Crippen LogP) is 4.01. The number of hydrogen-bond donors (Lipinski definition) is 1. The lowest BCUT2D eigenvalue weighted by molar-refractivity contribution is 1.06. The maximum absolute atomic E-state index is 6.00. The molecule has 0 amide bonds. The van der Waals surface area contributed by atoms with Crippen LogP contribution in [0.3, 0.4) is 0 Å². The first kappa shape index (κ1) is 13.3. The van der Waals surface area contributed by atoms with Gasteiger partial charge in [-0.05, 0) is 25.0 Å². The van der Waals surface area contributed by atoms with Crippen LogP contribution in [0.4, 0.5) is 5.82 Å². The Morgan fingerprint density at radius 2 is 1.19 bits per heavy atom. The fraction of sp³-hybridized carbons (Fsp3) is 0.111. The second-order valence-corrected chi connectivity index (χ2v) is 5.07. The zero-order valence-corrected chi connectivity index (χ0v) is 12.2.